The van der Waals surface area contributed by atoms with Crippen LogP contribution in [0.15, 0.2) is 18.2 Å². The van der Waals surface area contributed by atoms with E-state index < -0.39 is 4.92 Å². The molecule has 0 radical (unpaired) electrons. The molecule has 2 saturated heterocycles. The normalized spacial score (nSPS) is 21.4. The fourth-order valence-electron chi connectivity index (χ4n) is 5.35. The minimum atomic E-state index is -0.420. The fraction of sp³-hybridized carbons (Fsp3) is 0.682. The topological polar surface area (TPSA) is 85.2 Å². The molecule has 0 aromatic heterocycles. The van der Waals surface area contributed by atoms with Gasteiger partial charge in [0.05, 0.1) is 19.1 Å². The molecule has 1 atom stereocenters. The summed E-state index contributed by atoms with van der Waals surface area (Å²) >= 11 is 0. The molecule has 0 aliphatic carbocycles. The number of anilines is 1. The molecule has 166 valence electrons. The first-order valence-electron chi connectivity index (χ1n) is 10.5. The van der Waals surface area contributed by atoms with Crippen LogP contribution in [0, 0.1) is 26.9 Å². The molecule has 3 rings (SSSR count). The lowest BCUT2D eigenvalue weighted by molar-refractivity contribution is -0.385. The van der Waals surface area contributed by atoms with E-state index >= 15 is 0 Å². The summed E-state index contributed by atoms with van der Waals surface area (Å²) in [6.45, 7) is 9.99. The zero-order chi connectivity index (χ0) is 22.1. The van der Waals surface area contributed by atoms with E-state index in [1.807, 2.05) is 4.90 Å². The zero-order valence-electron chi connectivity index (χ0n) is 18.6. The van der Waals surface area contributed by atoms with Gasteiger partial charge in [0.1, 0.15) is 0 Å². The van der Waals surface area contributed by atoms with E-state index in [-0.39, 0.29) is 28.4 Å². The van der Waals surface area contributed by atoms with Crippen LogP contribution in [0.3, 0.4) is 0 Å². The van der Waals surface area contributed by atoms with Crippen LogP contribution in [0.4, 0.5) is 16.2 Å². The third-order valence-electron chi connectivity index (χ3n) is 6.98. The highest BCUT2D eigenvalue weighted by Crippen LogP contribution is 2.52. The lowest BCUT2D eigenvalue weighted by Crippen LogP contribution is -2.57. The van der Waals surface area contributed by atoms with Gasteiger partial charge in [-0.3, -0.25) is 10.1 Å². The molecule has 2 heterocycles. The molecule has 2 aliphatic heterocycles. The van der Waals surface area contributed by atoms with Crippen LogP contribution < -0.4 is 9.64 Å². The maximum Gasteiger partial charge on any atom is 0.409 e. The van der Waals surface area contributed by atoms with E-state index in [0.29, 0.717) is 5.92 Å². The maximum absolute atomic E-state index is 12.1. The van der Waals surface area contributed by atoms with Crippen molar-refractivity contribution < 1.29 is 19.2 Å². The van der Waals surface area contributed by atoms with Crippen molar-refractivity contribution in [1.82, 2.24) is 4.90 Å². The molecule has 0 saturated carbocycles. The average molecular weight is 420 g/mol. The number of nitro groups is 1. The Balaban J connectivity index is 1.77. The largest absolute Gasteiger partial charge is 0.490 e. The average Bonchev–Trinajstić information content (AvgIpc) is 2.72. The number of piperidine rings is 2. The van der Waals surface area contributed by atoms with Crippen LogP contribution in [0.1, 0.15) is 40.0 Å². The molecule has 1 aromatic carbocycles. The molecule has 2 fully saturated rings. The van der Waals surface area contributed by atoms with Crippen molar-refractivity contribution in [2.24, 2.45) is 16.7 Å². The van der Waals surface area contributed by atoms with Crippen LogP contribution >= 0.6 is 0 Å². The molecule has 1 aromatic rings. The Morgan fingerprint density at radius 1 is 1.17 bits per heavy atom. The van der Waals surface area contributed by atoms with E-state index in [4.69, 9.17) is 9.47 Å². The number of amides is 1. The number of hydrogen-bond acceptors (Lipinski definition) is 6. The van der Waals surface area contributed by atoms with Gasteiger partial charge in [-0.1, -0.05) is 20.8 Å². The number of hydrogen-bond donors (Lipinski definition) is 0. The Morgan fingerprint density at radius 2 is 1.80 bits per heavy atom. The van der Waals surface area contributed by atoms with E-state index in [0.717, 1.165) is 51.1 Å². The molecule has 1 unspecified atom stereocenters. The summed E-state index contributed by atoms with van der Waals surface area (Å²) in [5.41, 5.74) is 1.19. The quantitative estimate of drug-likeness (QED) is 0.536. The Bertz CT molecular complexity index is 796. The number of ether oxygens (including phenoxy) is 2. The van der Waals surface area contributed by atoms with Crippen molar-refractivity contribution >= 4 is 17.5 Å². The van der Waals surface area contributed by atoms with Gasteiger partial charge in [-0.2, -0.15) is 0 Å². The summed E-state index contributed by atoms with van der Waals surface area (Å²) in [5.74, 6) is 0.670. The molecule has 8 heteroatoms. The van der Waals surface area contributed by atoms with Gasteiger partial charge in [0.15, 0.2) is 5.75 Å². The van der Waals surface area contributed by atoms with Crippen molar-refractivity contribution in [3.63, 3.8) is 0 Å². The van der Waals surface area contributed by atoms with Gasteiger partial charge in [0, 0.05) is 44.0 Å². The summed E-state index contributed by atoms with van der Waals surface area (Å²) in [6, 6.07) is 5.09. The van der Waals surface area contributed by atoms with Crippen LogP contribution in [0.2, 0.25) is 0 Å². The van der Waals surface area contributed by atoms with Crippen molar-refractivity contribution in [2.75, 3.05) is 45.3 Å². The summed E-state index contributed by atoms with van der Waals surface area (Å²) in [6.07, 6.45) is 2.79. The summed E-state index contributed by atoms with van der Waals surface area (Å²) in [4.78, 5) is 27.0. The van der Waals surface area contributed by atoms with Crippen LogP contribution in [0.5, 0.6) is 5.75 Å². The van der Waals surface area contributed by atoms with Gasteiger partial charge < -0.3 is 19.3 Å². The fourth-order valence-corrected chi connectivity index (χ4v) is 5.35. The predicted molar refractivity (Wildman–Crippen MR) is 115 cm³/mol. The maximum atomic E-state index is 12.1. The number of nitro benzene ring substituents is 1. The zero-order valence-corrected chi connectivity index (χ0v) is 18.6. The summed E-state index contributed by atoms with van der Waals surface area (Å²) in [5, 5.41) is 11.2. The Hall–Kier alpha value is -2.51. The number of carbonyl (C=O) groups excluding carboxylic acids is 1. The summed E-state index contributed by atoms with van der Waals surface area (Å²) in [7, 11) is 2.90. The first kappa shape index (κ1) is 22.2. The Kier molecular flexibility index (Phi) is 6.15. The van der Waals surface area contributed by atoms with Gasteiger partial charge in [0.25, 0.3) is 0 Å². The number of nitrogens with zero attached hydrogens (tertiary/aromatic N) is 3. The lowest BCUT2D eigenvalue weighted by atomic mass is 9.57. The molecule has 0 N–H and O–H groups in total. The second-order valence-electron chi connectivity index (χ2n) is 9.55. The molecule has 1 spiro atoms. The second kappa shape index (κ2) is 8.32. The van der Waals surface area contributed by atoms with Crippen molar-refractivity contribution in [1.29, 1.82) is 0 Å². The predicted octanol–water partition coefficient (Wildman–Crippen LogP) is 4.32. The van der Waals surface area contributed by atoms with Gasteiger partial charge in [0.2, 0.25) is 0 Å². The second-order valence-corrected chi connectivity index (χ2v) is 9.55. The van der Waals surface area contributed by atoms with Gasteiger partial charge in [-0.15, -0.1) is 0 Å². The Morgan fingerprint density at radius 3 is 2.33 bits per heavy atom. The molecule has 1 amide bonds. The van der Waals surface area contributed by atoms with Crippen LogP contribution in [0.25, 0.3) is 0 Å². The highest BCUT2D eigenvalue weighted by molar-refractivity contribution is 5.67. The number of carbonyl (C=O) groups is 1. The van der Waals surface area contributed by atoms with Gasteiger partial charge >= 0.3 is 11.8 Å². The number of benzene rings is 1. The molecule has 30 heavy (non-hydrogen) atoms. The SMILES string of the molecule is COC(=O)N1CCC2(CCN(c3ccc([N+](=O)[O-])c(OC)c3)CC2)C(C(C)(C)C)C1. The number of methoxy groups -OCH3 is 2. The highest BCUT2D eigenvalue weighted by Gasteiger charge is 2.50. The molecular formula is C22H33N3O5. The smallest absolute Gasteiger partial charge is 0.409 e. The minimum absolute atomic E-state index is 0.0160. The third kappa shape index (κ3) is 4.18. The van der Waals surface area contributed by atoms with E-state index in [1.165, 1.54) is 20.3 Å². The molecule has 2 aliphatic rings. The van der Waals surface area contributed by atoms with Crippen LogP contribution in [-0.2, 0) is 4.74 Å². The highest BCUT2D eigenvalue weighted by atomic mass is 16.6. The van der Waals surface area contributed by atoms with Crippen molar-refractivity contribution in [2.45, 2.75) is 40.0 Å². The van der Waals surface area contributed by atoms with E-state index in [2.05, 4.69) is 25.7 Å². The molecular weight excluding hydrogens is 386 g/mol. The van der Waals surface area contributed by atoms with Crippen molar-refractivity contribution in [3.8, 4) is 5.75 Å². The van der Waals surface area contributed by atoms with Gasteiger partial charge in [-0.25, -0.2) is 4.79 Å². The first-order chi connectivity index (χ1) is 14.1. The van der Waals surface area contributed by atoms with Crippen LogP contribution in [-0.4, -0.2) is 56.3 Å². The van der Waals surface area contributed by atoms with E-state index in [9.17, 15) is 14.9 Å². The lowest BCUT2D eigenvalue weighted by Gasteiger charge is -2.56. The summed E-state index contributed by atoms with van der Waals surface area (Å²) < 4.78 is 10.2. The third-order valence-corrected chi connectivity index (χ3v) is 6.98. The standard InChI is InChI=1S/C22H33N3O5/c1-21(2,3)19-15-24(20(26)30-5)13-10-22(19)8-11-23(12-9-22)16-6-7-17(25(27)28)18(14-16)29-4/h6-7,14,19H,8-13,15H2,1-5H3. The van der Waals surface area contributed by atoms with E-state index in [1.54, 1.807) is 12.1 Å². The first-order valence-corrected chi connectivity index (χ1v) is 10.5. The van der Waals surface area contributed by atoms with Gasteiger partial charge in [-0.05, 0) is 42.1 Å². The molecule has 0 bridgehead atoms. The molecule has 8 nitrogen and oxygen atoms in total. The number of rotatable bonds is 3. The number of likely N-dealkylation sites (tertiary alicyclic amines) is 1. The minimum Gasteiger partial charge on any atom is -0.490 e. The monoisotopic (exact) mass is 419 g/mol. The van der Waals surface area contributed by atoms with Crippen molar-refractivity contribution in [3.05, 3.63) is 28.3 Å². The Labute approximate surface area is 178 Å².